The van der Waals surface area contributed by atoms with E-state index in [2.05, 4.69) is 6.92 Å². The second kappa shape index (κ2) is 5.31. The fourth-order valence-electron chi connectivity index (χ4n) is 1.66. The van der Waals surface area contributed by atoms with E-state index < -0.39 is 4.92 Å². The van der Waals surface area contributed by atoms with Crippen LogP contribution in [0.2, 0.25) is 0 Å². The molecule has 92 valence electrons. The minimum absolute atomic E-state index is 0.0612. The third kappa shape index (κ3) is 2.66. The van der Waals surface area contributed by atoms with Crippen LogP contribution in [0.3, 0.4) is 0 Å². The number of nitro groups is 1. The number of para-hydroxylation sites is 1. The Hall–Kier alpha value is -2.36. The lowest BCUT2D eigenvalue weighted by atomic mass is 10.1. The molecule has 0 radical (unpaired) electrons. The van der Waals surface area contributed by atoms with E-state index in [9.17, 15) is 10.1 Å². The van der Waals surface area contributed by atoms with Crippen LogP contribution in [0.25, 0.3) is 0 Å². The second-order valence-corrected chi connectivity index (χ2v) is 3.81. The first-order valence-electron chi connectivity index (χ1n) is 5.71. The minimum Gasteiger partial charge on any atom is -0.457 e. The number of benzene rings is 2. The topological polar surface area (TPSA) is 52.4 Å². The lowest BCUT2D eigenvalue weighted by molar-refractivity contribution is -0.384. The fraction of sp³-hybridized carbons (Fsp3) is 0.143. The summed E-state index contributed by atoms with van der Waals surface area (Å²) in [4.78, 5) is 10.1. The van der Waals surface area contributed by atoms with Gasteiger partial charge in [0.1, 0.15) is 11.5 Å². The van der Waals surface area contributed by atoms with Gasteiger partial charge in [-0.1, -0.05) is 25.1 Å². The monoisotopic (exact) mass is 243 g/mol. The summed E-state index contributed by atoms with van der Waals surface area (Å²) in [6.45, 7) is 2.05. The maximum Gasteiger partial charge on any atom is 0.269 e. The summed E-state index contributed by atoms with van der Waals surface area (Å²) in [6.07, 6.45) is 0.878. The van der Waals surface area contributed by atoms with E-state index in [-0.39, 0.29) is 5.69 Å². The SMILES string of the molecule is CCc1ccccc1Oc1ccc([N+](=O)[O-])cc1. The molecule has 0 aliphatic carbocycles. The van der Waals surface area contributed by atoms with Crippen LogP contribution in [0, 0.1) is 10.1 Å². The Morgan fingerprint density at radius 1 is 1.11 bits per heavy atom. The summed E-state index contributed by atoms with van der Waals surface area (Å²) in [5, 5.41) is 10.5. The molecular formula is C14H13NO3. The highest BCUT2D eigenvalue weighted by atomic mass is 16.6. The van der Waals surface area contributed by atoms with Crippen molar-refractivity contribution in [3.8, 4) is 11.5 Å². The molecule has 0 unspecified atom stereocenters. The largest absolute Gasteiger partial charge is 0.457 e. The number of nitro benzene ring substituents is 1. The number of ether oxygens (including phenoxy) is 1. The zero-order valence-corrected chi connectivity index (χ0v) is 10.00. The van der Waals surface area contributed by atoms with Gasteiger partial charge >= 0.3 is 0 Å². The molecule has 0 atom stereocenters. The zero-order chi connectivity index (χ0) is 13.0. The van der Waals surface area contributed by atoms with E-state index in [0.29, 0.717) is 5.75 Å². The molecule has 0 N–H and O–H groups in total. The number of rotatable bonds is 4. The van der Waals surface area contributed by atoms with E-state index >= 15 is 0 Å². The second-order valence-electron chi connectivity index (χ2n) is 3.81. The molecule has 0 heterocycles. The molecule has 18 heavy (non-hydrogen) atoms. The van der Waals surface area contributed by atoms with Crippen LogP contribution in [0.4, 0.5) is 5.69 Å². The quantitative estimate of drug-likeness (QED) is 0.603. The summed E-state index contributed by atoms with van der Waals surface area (Å²) in [6, 6.07) is 13.8. The lowest BCUT2D eigenvalue weighted by Gasteiger charge is -2.09. The number of nitrogens with zero attached hydrogens (tertiary/aromatic N) is 1. The Labute approximate surface area is 105 Å². The molecule has 4 nitrogen and oxygen atoms in total. The van der Waals surface area contributed by atoms with Crippen molar-refractivity contribution < 1.29 is 9.66 Å². The molecule has 0 aliphatic rings. The molecule has 0 aliphatic heterocycles. The van der Waals surface area contributed by atoms with E-state index in [1.165, 1.54) is 12.1 Å². The highest BCUT2D eigenvalue weighted by Crippen LogP contribution is 2.26. The van der Waals surface area contributed by atoms with Crippen LogP contribution in [0.1, 0.15) is 12.5 Å². The van der Waals surface area contributed by atoms with Gasteiger partial charge in [-0.25, -0.2) is 0 Å². The van der Waals surface area contributed by atoms with Gasteiger partial charge in [0.2, 0.25) is 0 Å². The van der Waals surface area contributed by atoms with Gasteiger partial charge in [-0.2, -0.15) is 0 Å². The molecule has 0 saturated carbocycles. The van der Waals surface area contributed by atoms with Gasteiger partial charge < -0.3 is 4.74 Å². The predicted octanol–water partition coefficient (Wildman–Crippen LogP) is 3.95. The Morgan fingerprint density at radius 2 is 1.78 bits per heavy atom. The smallest absolute Gasteiger partial charge is 0.269 e. The van der Waals surface area contributed by atoms with Crippen molar-refractivity contribution in [1.29, 1.82) is 0 Å². The van der Waals surface area contributed by atoms with Crippen LogP contribution in [-0.2, 0) is 6.42 Å². The van der Waals surface area contributed by atoms with Crippen LogP contribution in [-0.4, -0.2) is 4.92 Å². The van der Waals surface area contributed by atoms with Crippen LogP contribution in [0.5, 0.6) is 11.5 Å². The van der Waals surface area contributed by atoms with Crippen molar-refractivity contribution in [1.82, 2.24) is 0 Å². The Balaban J connectivity index is 2.21. The zero-order valence-electron chi connectivity index (χ0n) is 10.00. The molecule has 0 spiro atoms. The van der Waals surface area contributed by atoms with Crippen molar-refractivity contribution in [3.05, 3.63) is 64.2 Å². The normalized spacial score (nSPS) is 10.1. The third-order valence-electron chi connectivity index (χ3n) is 2.63. The maximum absolute atomic E-state index is 10.5. The number of hydrogen-bond acceptors (Lipinski definition) is 3. The molecule has 2 rings (SSSR count). The van der Waals surface area contributed by atoms with Gasteiger partial charge in [0.05, 0.1) is 4.92 Å². The Morgan fingerprint density at radius 3 is 2.39 bits per heavy atom. The number of aryl methyl sites for hydroxylation is 1. The van der Waals surface area contributed by atoms with Gasteiger partial charge in [0.15, 0.2) is 0 Å². The van der Waals surface area contributed by atoms with Crippen molar-refractivity contribution >= 4 is 5.69 Å². The molecule has 0 saturated heterocycles. The fourth-order valence-corrected chi connectivity index (χ4v) is 1.66. The Bertz CT molecular complexity index is 549. The number of non-ortho nitro benzene ring substituents is 1. The molecule has 0 fully saturated rings. The lowest BCUT2D eigenvalue weighted by Crippen LogP contribution is -1.91. The van der Waals surface area contributed by atoms with Crippen molar-refractivity contribution in [2.75, 3.05) is 0 Å². The van der Waals surface area contributed by atoms with Crippen LogP contribution in [0.15, 0.2) is 48.5 Å². The van der Waals surface area contributed by atoms with Gasteiger partial charge in [-0.15, -0.1) is 0 Å². The van der Waals surface area contributed by atoms with Gasteiger partial charge in [-0.05, 0) is 30.2 Å². The summed E-state index contributed by atoms with van der Waals surface area (Å²) >= 11 is 0. The molecule has 2 aromatic rings. The first-order valence-corrected chi connectivity index (χ1v) is 5.71. The molecule has 4 heteroatoms. The van der Waals surface area contributed by atoms with E-state index in [0.717, 1.165) is 17.7 Å². The van der Waals surface area contributed by atoms with E-state index in [1.807, 2.05) is 24.3 Å². The van der Waals surface area contributed by atoms with Crippen LogP contribution >= 0.6 is 0 Å². The molecule has 0 amide bonds. The van der Waals surface area contributed by atoms with E-state index in [4.69, 9.17) is 4.74 Å². The van der Waals surface area contributed by atoms with Crippen molar-refractivity contribution in [3.63, 3.8) is 0 Å². The highest BCUT2D eigenvalue weighted by Gasteiger charge is 2.06. The average molecular weight is 243 g/mol. The molecule has 0 bridgehead atoms. The van der Waals surface area contributed by atoms with Gasteiger partial charge in [0.25, 0.3) is 5.69 Å². The summed E-state index contributed by atoms with van der Waals surface area (Å²) in [7, 11) is 0. The summed E-state index contributed by atoms with van der Waals surface area (Å²) in [5.41, 5.74) is 1.17. The first-order chi connectivity index (χ1) is 8.70. The molecular weight excluding hydrogens is 230 g/mol. The predicted molar refractivity (Wildman–Crippen MR) is 69.0 cm³/mol. The standard InChI is InChI=1S/C14H13NO3/c1-2-11-5-3-4-6-14(11)18-13-9-7-12(8-10-13)15(16)17/h3-10H,2H2,1H3. The summed E-state index contributed by atoms with van der Waals surface area (Å²) in [5.74, 6) is 1.38. The van der Waals surface area contributed by atoms with Crippen molar-refractivity contribution in [2.24, 2.45) is 0 Å². The molecule has 2 aromatic carbocycles. The van der Waals surface area contributed by atoms with Gasteiger partial charge in [-0.3, -0.25) is 10.1 Å². The number of hydrogen-bond donors (Lipinski definition) is 0. The van der Waals surface area contributed by atoms with Gasteiger partial charge in [0, 0.05) is 12.1 Å². The maximum atomic E-state index is 10.5. The first kappa shape index (κ1) is 12.1. The Kier molecular flexibility index (Phi) is 3.57. The van der Waals surface area contributed by atoms with Crippen molar-refractivity contribution in [2.45, 2.75) is 13.3 Å². The van der Waals surface area contributed by atoms with Crippen LogP contribution < -0.4 is 4.74 Å². The average Bonchev–Trinajstić information content (AvgIpc) is 2.40. The molecule has 0 aromatic heterocycles. The third-order valence-corrected chi connectivity index (χ3v) is 2.63. The van der Waals surface area contributed by atoms with E-state index in [1.54, 1.807) is 12.1 Å². The summed E-state index contributed by atoms with van der Waals surface area (Å²) < 4.78 is 5.71. The minimum atomic E-state index is -0.427. The highest BCUT2D eigenvalue weighted by molar-refractivity contribution is 5.41.